The summed E-state index contributed by atoms with van der Waals surface area (Å²) in [4.78, 5) is 27.9. The molecule has 0 saturated heterocycles. The number of nitrogens with one attached hydrogen (secondary N) is 1. The smallest absolute Gasteiger partial charge is 0.349 e. The van der Waals surface area contributed by atoms with E-state index in [0.717, 1.165) is 0 Å². The molecule has 100 valence electrons. The number of fused-ring (bicyclic) bond motifs is 1. The van der Waals surface area contributed by atoms with Crippen molar-refractivity contribution >= 4 is 36.1 Å². The third kappa shape index (κ3) is 2.69. The Bertz CT molecular complexity index is 889. The lowest BCUT2D eigenvalue weighted by atomic mass is 10.0. The molecule has 0 aliphatic heterocycles. The van der Waals surface area contributed by atoms with E-state index in [-0.39, 0.29) is 17.0 Å². The maximum Gasteiger partial charge on any atom is 0.349 e. The van der Waals surface area contributed by atoms with Gasteiger partial charge in [0.1, 0.15) is 24.8 Å². The fourth-order valence-electron chi connectivity index (χ4n) is 1.92. The molecule has 1 amide bonds. The molecule has 0 bridgehead atoms. The third-order valence-corrected chi connectivity index (χ3v) is 2.90. The fourth-order valence-corrected chi connectivity index (χ4v) is 1.92. The number of aromatic nitrogens is 1. The van der Waals surface area contributed by atoms with E-state index in [1.165, 1.54) is 6.07 Å². The van der Waals surface area contributed by atoms with Gasteiger partial charge in [-0.1, -0.05) is 30.3 Å². The Morgan fingerprint density at radius 3 is 2.76 bits per heavy atom. The number of hydrogen-bond acceptors (Lipinski definition) is 4. The molecule has 6 heteroatoms. The molecule has 3 rings (SSSR count). The minimum Gasteiger partial charge on any atom is -0.422 e. The van der Waals surface area contributed by atoms with Crippen LogP contribution in [0.1, 0.15) is 10.4 Å². The van der Waals surface area contributed by atoms with Crippen LogP contribution in [0.3, 0.4) is 0 Å². The summed E-state index contributed by atoms with van der Waals surface area (Å²) in [5, 5.41) is 3.18. The van der Waals surface area contributed by atoms with Gasteiger partial charge in [-0.05, 0) is 23.8 Å². The van der Waals surface area contributed by atoms with Crippen LogP contribution in [0.4, 0.5) is 5.82 Å². The first-order valence-corrected chi connectivity index (χ1v) is 6.20. The molecule has 2 aromatic heterocycles. The summed E-state index contributed by atoms with van der Waals surface area (Å²) in [6, 6.07) is 13.3. The van der Waals surface area contributed by atoms with E-state index >= 15 is 0 Å². The van der Waals surface area contributed by atoms with Crippen molar-refractivity contribution in [3.05, 3.63) is 64.5 Å². The number of rotatable bonds is 2. The molecule has 0 aliphatic carbocycles. The largest absolute Gasteiger partial charge is 0.422 e. The fraction of sp³-hybridized carbons (Fsp3) is 0. The molecule has 0 spiro atoms. The van der Waals surface area contributed by atoms with Crippen molar-refractivity contribution in [2.45, 2.75) is 0 Å². The van der Waals surface area contributed by atoms with E-state index < -0.39 is 11.5 Å². The van der Waals surface area contributed by atoms with Crippen LogP contribution in [0.25, 0.3) is 11.0 Å². The first-order valence-electron chi connectivity index (χ1n) is 6.20. The highest BCUT2D eigenvalue weighted by Gasteiger charge is 2.14. The lowest BCUT2D eigenvalue weighted by Crippen LogP contribution is -2.22. The van der Waals surface area contributed by atoms with E-state index in [4.69, 9.17) is 12.3 Å². The zero-order chi connectivity index (χ0) is 14.8. The van der Waals surface area contributed by atoms with Gasteiger partial charge in [0.2, 0.25) is 0 Å². The molecule has 1 N–H and O–H groups in total. The molecular formula is C15H9BN2O3. The van der Waals surface area contributed by atoms with Crippen molar-refractivity contribution in [3.8, 4) is 0 Å². The Balaban J connectivity index is 1.98. The highest BCUT2D eigenvalue weighted by molar-refractivity contribution is 6.30. The van der Waals surface area contributed by atoms with Crippen LogP contribution in [-0.4, -0.2) is 18.7 Å². The van der Waals surface area contributed by atoms with Gasteiger partial charge < -0.3 is 9.73 Å². The molecule has 0 atom stereocenters. The quantitative estimate of drug-likeness (QED) is 0.564. The average Bonchev–Trinajstić information content (AvgIpc) is 2.46. The van der Waals surface area contributed by atoms with Crippen molar-refractivity contribution < 1.29 is 9.21 Å². The second-order valence-corrected chi connectivity index (χ2v) is 4.39. The zero-order valence-corrected chi connectivity index (χ0v) is 10.9. The van der Waals surface area contributed by atoms with Crippen LogP contribution in [0.15, 0.2) is 57.7 Å². The van der Waals surface area contributed by atoms with Gasteiger partial charge in [0.25, 0.3) is 5.91 Å². The lowest BCUT2D eigenvalue weighted by Gasteiger charge is -2.05. The van der Waals surface area contributed by atoms with Gasteiger partial charge in [-0.3, -0.25) is 4.79 Å². The molecule has 21 heavy (non-hydrogen) atoms. The highest BCUT2D eigenvalue weighted by Crippen LogP contribution is 2.13. The number of carbonyl (C=O) groups excluding carboxylic acids is 1. The van der Waals surface area contributed by atoms with Gasteiger partial charge in [0.15, 0.2) is 0 Å². The first kappa shape index (κ1) is 13.1. The van der Waals surface area contributed by atoms with E-state index in [1.54, 1.807) is 42.5 Å². The van der Waals surface area contributed by atoms with Gasteiger partial charge in [0.05, 0.1) is 0 Å². The van der Waals surface area contributed by atoms with Crippen LogP contribution >= 0.6 is 0 Å². The van der Waals surface area contributed by atoms with Crippen LogP contribution in [0.5, 0.6) is 0 Å². The van der Waals surface area contributed by atoms with Crippen molar-refractivity contribution in [2.24, 2.45) is 0 Å². The van der Waals surface area contributed by atoms with E-state index in [9.17, 15) is 9.59 Å². The molecule has 0 fully saturated rings. The summed E-state index contributed by atoms with van der Waals surface area (Å²) in [6.45, 7) is 0. The monoisotopic (exact) mass is 276 g/mol. The first-order chi connectivity index (χ1) is 10.1. The summed E-state index contributed by atoms with van der Waals surface area (Å²) < 4.78 is 5.11. The second-order valence-electron chi connectivity index (χ2n) is 4.39. The number of nitrogens with zero attached hydrogens (tertiary/aromatic N) is 1. The summed E-state index contributed by atoms with van der Waals surface area (Å²) in [5.41, 5.74) is -0.0764. The molecule has 3 aromatic rings. The van der Waals surface area contributed by atoms with Gasteiger partial charge in [-0.15, -0.1) is 0 Å². The number of hydrogen-bond donors (Lipinski definition) is 1. The van der Waals surface area contributed by atoms with Gasteiger partial charge >= 0.3 is 5.63 Å². The second kappa shape index (κ2) is 5.24. The number of para-hydroxylation sites is 1. The molecule has 0 saturated carbocycles. The zero-order valence-electron chi connectivity index (χ0n) is 10.9. The minimum absolute atomic E-state index is 0.0853. The number of benzene rings is 1. The maximum atomic E-state index is 12.1. The van der Waals surface area contributed by atoms with Crippen LogP contribution in [-0.2, 0) is 0 Å². The Labute approximate surface area is 121 Å². The topological polar surface area (TPSA) is 72.2 Å². The minimum atomic E-state index is -0.699. The predicted molar refractivity (Wildman–Crippen MR) is 80.1 cm³/mol. The Morgan fingerprint density at radius 2 is 1.95 bits per heavy atom. The molecule has 5 nitrogen and oxygen atoms in total. The summed E-state index contributed by atoms with van der Waals surface area (Å²) in [7, 11) is 5.53. The Hall–Kier alpha value is -2.89. The van der Waals surface area contributed by atoms with Crippen LogP contribution in [0.2, 0.25) is 0 Å². The molecule has 2 heterocycles. The van der Waals surface area contributed by atoms with Crippen LogP contribution < -0.4 is 16.5 Å². The number of anilines is 1. The van der Waals surface area contributed by atoms with E-state index in [1.807, 2.05) is 0 Å². The SMILES string of the molecule is [B]c1cccc(NC(=O)c2cc3ccccc3oc2=O)n1. The number of amides is 1. The van der Waals surface area contributed by atoms with Crippen LogP contribution in [0, 0.1) is 0 Å². The molecule has 0 aliphatic rings. The maximum absolute atomic E-state index is 12.1. The van der Waals surface area contributed by atoms with Crippen molar-refractivity contribution in [1.82, 2.24) is 4.98 Å². The third-order valence-electron chi connectivity index (χ3n) is 2.90. The molecular weight excluding hydrogens is 267 g/mol. The van der Waals surface area contributed by atoms with Gasteiger partial charge in [-0.25, -0.2) is 9.78 Å². The van der Waals surface area contributed by atoms with E-state index in [0.29, 0.717) is 11.0 Å². The van der Waals surface area contributed by atoms with Crippen molar-refractivity contribution in [2.75, 3.05) is 5.32 Å². The lowest BCUT2D eigenvalue weighted by molar-refractivity contribution is 0.102. The molecule has 1 aromatic carbocycles. The summed E-state index contributed by atoms with van der Waals surface area (Å²) >= 11 is 0. The van der Waals surface area contributed by atoms with Crippen molar-refractivity contribution in [3.63, 3.8) is 0 Å². The van der Waals surface area contributed by atoms with E-state index in [2.05, 4.69) is 10.3 Å². The molecule has 0 unspecified atom stereocenters. The summed E-state index contributed by atoms with van der Waals surface area (Å²) in [6.07, 6.45) is 0. The summed E-state index contributed by atoms with van der Waals surface area (Å²) in [5.74, 6) is -0.319. The van der Waals surface area contributed by atoms with Crippen molar-refractivity contribution in [1.29, 1.82) is 0 Å². The standard InChI is InChI=1S/C15H9BN2O3/c16-12-6-3-7-13(17-12)18-14(19)10-8-9-4-1-2-5-11(9)21-15(10)20/h1-8H,(H,17,18,19). The average molecular weight is 276 g/mol. The Morgan fingerprint density at radius 1 is 1.14 bits per heavy atom. The molecule has 2 radical (unpaired) electrons. The Kier molecular flexibility index (Phi) is 3.27. The normalized spacial score (nSPS) is 10.5. The predicted octanol–water partition coefficient (Wildman–Crippen LogP) is 1.23. The van der Waals surface area contributed by atoms with Gasteiger partial charge in [-0.2, -0.15) is 0 Å². The number of carbonyl (C=O) groups is 1. The highest BCUT2D eigenvalue weighted by atomic mass is 16.4. The number of pyridine rings is 1. The van der Waals surface area contributed by atoms with Gasteiger partial charge in [0, 0.05) is 5.39 Å².